The summed E-state index contributed by atoms with van der Waals surface area (Å²) >= 11 is 13.7. The van der Waals surface area contributed by atoms with Crippen molar-refractivity contribution < 1.29 is 19.0 Å². The molecule has 0 fully saturated rings. The zero-order chi connectivity index (χ0) is 30.7. The zero-order valence-corrected chi connectivity index (χ0v) is 26.4. The molecule has 222 valence electrons. The molecule has 1 atom stereocenters. The first-order valence-electron chi connectivity index (χ1n) is 13.7. The molecule has 10 heteroatoms. The second-order valence-electron chi connectivity index (χ2n) is 10.4. The van der Waals surface area contributed by atoms with E-state index in [-0.39, 0.29) is 23.7 Å². The van der Waals surface area contributed by atoms with E-state index in [9.17, 15) is 9.59 Å². The molecule has 0 bridgehead atoms. The Morgan fingerprint density at radius 3 is 2.53 bits per heavy atom. The third-order valence-electron chi connectivity index (χ3n) is 6.78. The van der Waals surface area contributed by atoms with Crippen molar-refractivity contribution in [1.29, 1.82) is 0 Å². The van der Waals surface area contributed by atoms with Crippen molar-refractivity contribution in [2.45, 2.75) is 33.4 Å². The predicted octanol–water partition coefficient (Wildman–Crippen LogP) is 6.33. The third-order valence-corrected chi connectivity index (χ3v) is 8.32. The molecule has 5 rings (SSSR count). The Bertz CT molecular complexity index is 1880. The average Bonchev–Trinajstić information content (AvgIpc) is 3.29. The standard InChI is InChI=1S/C33H30Cl2N2O5S/c1-19(2)17-42-32(39)29-20(3)36-33-37(31(38)28(43-33)15-22-10-12-24(34)16-25(22)35)30(29)23-11-13-26(27(14-23)40-4)41-18-21-8-6-5-7-9-21/h5-16,19,30H,17-18H2,1-4H3/b28-15-. The van der Waals surface area contributed by atoms with Crippen LogP contribution in [0, 0.1) is 5.92 Å². The van der Waals surface area contributed by atoms with Crippen LogP contribution in [0.3, 0.4) is 0 Å². The largest absolute Gasteiger partial charge is 0.493 e. The molecule has 0 aliphatic carbocycles. The summed E-state index contributed by atoms with van der Waals surface area (Å²) in [7, 11) is 1.55. The van der Waals surface area contributed by atoms with Gasteiger partial charge in [0.25, 0.3) is 5.56 Å². The van der Waals surface area contributed by atoms with Crippen LogP contribution < -0.4 is 24.4 Å². The van der Waals surface area contributed by atoms with Gasteiger partial charge in [-0.3, -0.25) is 9.36 Å². The van der Waals surface area contributed by atoms with Crippen LogP contribution in [0.5, 0.6) is 11.5 Å². The molecule has 0 N–H and O–H groups in total. The Balaban J connectivity index is 1.62. The topological polar surface area (TPSA) is 79.1 Å². The van der Waals surface area contributed by atoms with Gasteiger partial charge in [-0.1, -0.05) is 90.9 Å². The summed E-state index contributed by atoms with van der Waals surface area (Å²) in [4.78, 5) is 32.6. The summed E-state index contributed by atoms with van der Waals surface area (Å²) in [6.07, 6.45) is 1.71. The Kier molecular flexibility index (Phi) is 9.40. The Morgan fingerprint density at radius 2 is 1.84 bits per heavy atom. The van der Waals surface area contributed by atoms with E-state index in [0.29, 0.717) is 54.3 Å². The van der Waals surface area contributed by atoms with E-state index in [0.717, 1.165) is 5.56 Å². The lowest BCUT2D eigenvalue weighted by molar-refractivity contribution is -0.140. The number of fused-ring (bicyclic) bond motifs is 1. The number of allylic oxidation sites excluding steroid dienone is 1. The number of carbonyl (C=O) groups is 1. The van der Waals surface area contributed by atoms with Crippen LogP contribution in [-0.2, 0) is 16.1 Å². The Hall–Kier alpha value is -3.85. The van der Waals surface area contributed by atoms with E-state index in [1.165, 1.54) is 15.9 Å². The number of hydrogen-bond acceptors (Lipinski definition) is 7. The number of hydrogen-bond donors (Lipinski definition) is 0. The summed E-state index contributed by atoms with van der Waals surface area (Å²) in [5.74, 6) is 0.602. The van der Waals surface area contributed by atoms with Gasteiger partial charge in [0.05, 0.1) is 35.6 Å². The van der Waals surface area contributed by atoms with Crippen LogP contribution in [0.25, 0.3) is 6.08 Å². The third kappa shape index (κ3) is 6.72. The molecule has 1 aliphatic rings. The maximum Gasteiger partial charge on any atom is 0.338 e. The lowest BCUT2D eigenvalue weighted by Gasteiger charge is -2.25. The normalized spacial score (nSPS) is 14.9. The van der Waals surface area contributed by atoms with E-state index in [1.807, 2.05) is 50.2 Å². The highest BCUT2D eigenvalue weighted by Gasteiger charge is 2.34. The molecule has 1 unspecified atom stereocenters. The fourth-order valence-electron chi connectivity index (χ4n) is 4.69. The van der Waals surface area contributed by atoms with Crippen LogP contribution >= 0.6 is 34.5 Å². The molecule has 0 amide bonds. The summed E-state index contributed by atoms with van der Waals surface area (Å²) < 4.78 is 19.3. The maximum atomic E-state index is 14.0. The fraction of sp³-hybridized carbons (Fsp3) is 0.242. The van der Waals surface area contributed by atoms with Gasteiger partial charge < -0.3 is 14.2 Å². The molecular formula is C33H30Cl2N2O5S. The number of methoxy groups -OCH3 is 1. The molecule has 1 aliphatic heterocycles. The summed E-state index contributed by atoms with van der Waals surface area (Å²) in [6.45, 7) is 6.26. The minimum Gasteiger partial charge on any atom is -0.493 e. The van der Waals surface area contributed by atoms with Gasteiger partial charge in [-0.25, -0.2) is 9.79 Å². The van der Waals surface area contributed by atoms with Crippen LogP contribution in [0.4, 0.5) is 0 Å². The number of ether oxygens (including phenoxy) is 3. The van der Waals surface area contributed by atoms with Crippen molar-refractivity contribution >= 4 is 46.6 Å². The SMILES string of the molecule is COc1cc(C2C(C(=O)OCC(C)C)=C(C)N=c3s/c(=C\c4ccc(Cl)cc4Cl)c(=O)n32)ccc1OCc1ccccc1. The van der Waals surface area contributed by atoms with Crippen molar-refractivity contribution in [2.75, 3.05) is 13.7 Å². The van der Waals surface area contributed by atoms with Gasteiger partial charge in [0.2, 0.25) is 0 Å². The van der Waals surface area contributed by atoms with Crippen LogP contribution in [0.1, 0.15) is 43.5 Å². The minimum absolute atomic E-state index is 0.134. The van der Waals surface area contributed by atoms with E-state index in [1.54, 1.807) is 50.4 Å². The van der Waals surface area contributed by atoms with Gasteiger partial charge in [-0.2, -0.15) is 0 Å². The van der Waals surface area contributed by atoms with Crippen molar-refractivity contribution in [2.24, 2.45) is 10.9 Å². The molecule has 0 saturated carbocycles. The number of carbonyl (C=O) groups excluding carboxylic acids is 1. The Morgan fingerprint density at radius 1 is 1.07 bits per heavy atom. The molecule has 2 heterocycles. The first-order chi connectivity index (χ1) is 20.7. The molecule has 0 radical (unpaired) electrons. The lowest BCUT2D eigenvalue weighted by atomic mass is 9.95. The van der Waals surface area contributed by atoms with Crippen molar-refractivity contribution in [3.63, 3.8) is 0 Å². The van der Waals surface area contributed by atoms with E-state index >= 15 is 0 Å². The molecule has 1 aromatic heterocycles. The zero-order valence-electron chi connectivity index (χ0n) is 24.1. The van der Waals surface area contributed by atoms with Gasteiger partial charge in [0.1, 0.15) is 6.61 Å². The second-order valence-corrected chi connectivity index (χ2v) is 12.3. The minimum atomic E-state index is -0.809. The number of nitrogens with zero attached hydrogens (tertiary/aromatic N) is 2. The van der Waals surface area contributed by atoms with E-state index in [2.05, 4.69) is 4.99 Å². The van der Waals surface area contributed by atoms with Gasteiger partial charge in [-0.15, -0.1) is 0 Å². The van der Waals surface area contributed by atoms with Crippen LogP contribution in [0.15, 0.2) is 87.8 Å². The summed E-state index contributed by atoms with van der Waals surface area (Å²) in [5.41, 5.74) is 2.73. The van der Waals surface area contributed by atoms with Gasteiger partial charge in [-0.05, 0) is 59.9 Å². The first-order valence-corrected chi connectivity index (χ1v) is 15.2. The number of rotatable bonds is 9. The number of halogens is 2. The number of thiazole rings is 1. The number of benzene rings is 3. The Labute approximate surface area is 263 Å². The van der Waals surface area contributed by atoms with Gasteiger partial charge >= 0.3 is 5.97 Å². The quantitative estimate of drug-likeness (QED) is 0.201. The van der Waals surface area contributed by atoms with E-state index in [4.69, 9.17) is 37.4 Å². The predicted molar refractivity (Wildman–Crippen MR) is 170 cm³/mol. The van der Waals surface area contributed by atoms with Crippen LogP contribution in [-0.4, -0.2) is 24.3 Å². The average molecular weight is 638 g/mol. The highest BCUT2D eigenvalue weighted by atomic mass is 35.5. The van der Waals surface area contributed by atoms with Crippen molar-refractivity contribution in [3.05, 3.63) is 124 Å². The molecule has 0 spiro atoms. The van der Waals surface area contributed by atoms with Gasteiger partial charge in [0.15, 0.2) is 16.3 Å². The second kappa shape index (κ2) is 13.2. The highest BCUT2D eigenvalue weighted by molar-refractivity contribution is 7.07. The maximum absolute atomic E-state index is 14.0. The number of esters is 1. The fourth-order valence-corrected chi connectivity index (χ4v) is 6.19. The monoisotopic (exact) mass is 636 g/mol. The molecule has 4 aromatic rings. The highest BCUT2D eigenvalue weighted by Crippen LogP contribution is 2.36. The van der Waals surface area contributed by atoms with Gasteiger partial charge in [0, 0.05) is 10.0 Å². The summed E-state index contributed by atoms with van der Waals surface area (Å²) in [5, 5.41) is 0.911. The molecule has 3 aromatic carbocycles. The lowest BCUT2D eigenvalue weighted by Crippen LogP contribution is -2.40. The van der Waals surface area contributed by atoms with Crippen molar-refractivity contribution in [3.8, 4) is 11.5 Å². The summed E-state index contributed by atoms with van der Waals surface area (Å²) in [6, 6.07) is 19.5. The van der Waals surface area contributed by atoms with E-state index < -0.39 is 12.0 Å². The van der Waals surface area contributed by atoms with Crippen LogP contribution in [0.2, 0.25) is 10.0 Å². The molecule has 0 saturated heterocycles. The van der Waals surface area contributed by atoms with Crippen molar-refractivity contribution in [1.82, 2.24) is 4.57 Å². The molecule has 7 nitrogen and oxygen atoms in total. The molecule has 43 heavy (non-hydrogen) atoms. The molecular weight excluding hydrogens is 607 g/mol. The first kappa shape index (κ1) is 30.6. The number of aromatic nitrogens is 1. The smallest absolute Gasteiger partial charge is 0.338 e.